The van der Waals surface area contributed by atoms with Crippen molar-refractivity contribution in [2.45, 2.75) is 25.9 Å². The molecule has 150 valence electrons. The maximum Gasteiger partial charge on any atom is 0.276 e. The summed E-state index contributed by atoms with van der Waals surface area (Å²) in [7, 11) is 2.01. The number of hydrogen-bond donors (Lipinski definition) is 1. The minimum absolute atomic E-state index is 0.100. The van der Waals surface area contributed by atoms with Gasteiger partial charge in [-0.15, -0.1) is 0 Å². The molecule has 0 bridgehead atoms. The van der Waals surface area contributed by atoms with Crippen molar-refractivity contribution < 1.29 is 9.21 Å². The second kappa shape index (κ2) is 8.00. The summed E-state index contributed by atoms with van der Waals surface area (Å²) < 4.78 is 5.75. The number of nitrogens with zero attached hydrogens (tertiary/aromatic N) is 5. The number of oxazole rings is 1. The number of nitrogen functional groups attached to an aromatic ring is 1. The first kappa shape index (κ1) is 19.1. The molecular weight excluding hydrogens is 368 g/mol. The highest BCUT2D eigenvalue weighted by molar-refractivity contribution is 5.97. The molecule has 8 heteroatoms. The van der Waals surface area contributed by atoms with E-state index in [0.717, 1.165) is 12.0 Å². The lowest BCUT2D eigenvalue weighted by molar-refractivity contribution is 0.0774. The van der Waals surface area contributed by atoms with Crippen LogP contribution < -0.4 is 5.73 Å². The lowest BCUT2D eigenvalue weighted by Gasteiger charge is -2.23. The molecule has 0 saturated carbocycles. The number of carbonyl (C=O) groups excluding carboxylic acids is 1. The van der Waals surface area contributed by atoms with E-state index in [0.29, 0.717) is 48.6 Å². The zero-order chi connectivity index (χ0) is 20.4. The van der Waals surface area contributed by atoms with E-state index in [1.54, 1.807) is 19.2 Å². The van der Waals surface area contributed by atoms with Crippen molar-refractivity contribution in [1.82, 2.24) is 24.8 Å². The molecule has 2 N–H and O–H groups in total. The highest BCUT2D eigenvalue weighted by atomic mass is 16.4. The van der Waals surface area contributed by atoms with Crippen LogP contribution >= 0.6 is 0 Å². The number of amides is 1. The number of aryl methyl sites for hydroxylation is 1. The number of likely N-dealkylation sites (N-methyl/N-ethyl adjacent to an activating group) is 1. The summed E-state index contributed by atoms with van der Waals surface area (Å²) in [6, 6.07) is 11.5. The highest BCUT2D eigenvalue weighted by Gasteiger charge is 2.32. The molecule has 0 aliphatic carbocycles. The van der Waals surface area contributed by atoms with Crippen LogP contribution in [-0.4, -0.2) is 56.8 Å². The molecule has 0 radical (unpaired) electrons. The van der Waals surface area contributed by atoms with Crippen LogP contribution in [0.2, 0.25) is 0 Å². The Morgan fingerprint density at radius 2 is 2.07 bits per heavy atom. The molecule has 1 aliphatic heterocycles. The summed E-state index contributed by atoms with van der Waals surface area (Å²) in [6.07, 6.45) is 2.54. The Bertz CT molecular complexity index is 1000. The van der Waals surface area contributed by atoms with Crippen molar-refractivity contribution in [3.05, 3.63) is 60.0 Å². The van der Waals surface area contributed by atoms with E-state index in [1.807, 2.05) is 42.3 Å². The first-order valence-corrected chi connectivity index (χ1v) is 9.61. The van der Waals surface area contributed by atoms with Crippen molar-refractivity contribution in [3.63, 3.8) is 0 Å². The fourth-order valence-electron chi connectivity index (χ4n) is 3.64. The predicted octanol–water partition coefficient (Wildman–Crippen LogP) is 2.37. The number of rotatable bonds is 5. The summed E-state index contributed by atoms with van der Waals surface area (Å²) in [5, 5.41) is 0. The van der Waals surface area contributed by atoms with Crippen LogP contribution in [0, 0.1) is 6.92 Å². The average molecular weight is 392 g/mol. The van der Waals surface area contributed by atoms with Gasteiger partial charge < -0.3 is 15.1 Å². The lowest BCUT2D eigenvalue weighted by atomic mass is 10.1. The van der Waals surface area contributed by atoms with Gasteiger partial charge in [0.1, 0.15) is 11.6 Å². The smallest absolute Gasteiger partial charge is 0.276 e. The Morgan fingerprint density at radius 1 is 1.28 bits per heavy atom. The molecule has 1 fully saturated rings. The normalized spacial score (nSPS) is 16.5. The van der Waals surface area contributed by atoms with E-state index in [4.69, 9.17) is 10.2 Å². The number of anilines is 1. The Labute approximate surface area is 169 Å². The molecule has 3 aromatic rings. The summed E-state index contributed by atoms with van der Waals surface area (Å²) in [5.74, 6) is 2.05. The van der Waals surface area contributed by atoms with Gasteiger partial charge in [-0.25, -0.2) is 15.0 Å². The van der Waals surface area contributed by atoms with Crippen LogP contribution in [0.5, 0.6) is 0 Å². The monoisotopic (exact) mass is 392 g/mol. The van der Waals surface area contributed by atoms with Crippen LogP contribution in [0.3, 0.4) is 0 Å². The van der Waals surface area contributed by atoms with Gasteiger partial charge in [0.05, 0.1) is 6.54 Å². The van der Waals surface area contributed by atoms with Gasteiger partial charge in [0.15, 0.2) is 17.3 Å². The van der Waals surface area contributed by atoms with Crippen molar-refractivity contribution in [2.75, 3.05) is 25.9 Å². The molecule has 3 heterocycles. The molecule has 1 atom stereocenters. The minimum Gasteiger partial charge on any atom is -0.440 e. The Kier molecular flexibility index (Phi) is 5.26. The second-order valence-electron chi connectivity index (χ2n) is 7.28. The van der Waals surface area contributed by atoms with Crippen LogP contribution in [0.15, 0.2) is 47.0 Å². The van der Waals surface area contributed by atoms with Crippen molar-refractivity contribution >= 4 is 11.7 Å². The number of aromatic nitrogens is 3. The number of benzene rings is 1. The van der Waals surface area contributed by atoms with Gasteiger partial charge >= 0.3 is 0 Å². The SMILES string of the molecule is Cc1nc(C(=O)N2CC[C@@H](N(C)Cc3nccc(N)n3)C2)c(-c2ccccc2)o1. The summed E-state index contributed by atoms with van der Waals surface area (Å²) in [4.78, 5) is 30.1. The van der Waals surface area contributed by atoms with Gasteiger partial charge in [0.2, 0.25) is 0 Å². The number of likely N-dealkylation sites (tertiary alicyclic amines) is 1. The van der Waals surface area contributed by atoms with Gasteiger partial charge in [-0.05, 0) is 19.5 Å². The predicted molar refractivity (Wildman–Crippen MR) is 109 cm³/mol. The summed E-state index contributed by atoms with van der Waals surface area (Å²) in [5.41, 5.74) is 6.96. The zero-order valence-electron chi connectivity index (χ0n) is 16.6. The van der Waals surface area contributed by atoms with Crippen molar-refractivity contribution in [3.8, 4) is 11.3 Å². The van der Waals surface area contributed by atoms with Crippen LogP contribution in [0.4, 0.5) is 5.82 Å². The van der Waals surface area contributed by atoms with Gasteiger partial charge in [-0.3, -0.25) is 9.69 Å². The number of hydrogen-bond acceptors (Lipinski definition) is 7. The topological polar surface area (TPSA) is 101 Å². The highest BCUT2D eigenvalue weighted by Crippen LogP contribution is 2.27. The third-order valence-electron chi connectivity index (χ3n) is 5.16. The maximum absolute atomic E-state index is 13.2. The summed E-state index contributed by atoms with van der Waals surface area (Å²) >= 11 is 0. The van der Waals surface area contributed by atoms with Gasteiger partial charge in [-0.1, -0.05) is 30.3 Å². The standard InChI is InChI=1S/C21H24N6O2/c1-14-24-19(20(29-14)15-6-4-3-5-7-15)21(28)27-11-9-16(12-27)26(2)13-18-23-10-8-17(22)25-18/h3-8,10,16H,9,11-13H2,1-2H3,(H2,22,23,25)/t16-/m1/s1. The molecule has 2 aromatic heterocycles. The quantitative estimate of drug-likeness (QED) is 0.711. The van der Waals surface area contributed by atoms with Gasteiger partial charge in [-0.2, -0.15) is 0 Å². The number of carbonyl (C=O) groups is 1. The van der Waals surface area contributed by atoms with E-state index >= 15 is 0 Å². The average Bonchev–Trinajstić information content (AvgIpc) is 3.35. The van der Waals surface area contributed by atoms with Gasteiger partial charge in [0, 0.05) is 37.8 Å². The third kappa shape index (κ3) is 4.12. The van der Waals surface area contributed by atoms with Crippen molar-refractivity contribution in [2.24, 2.45) is 0 Å². The Morgan fingerprint density at radius 3 is 2.83 bits per heavy atom. The molecule has 0 spiro atoms. The Balaban J connectivity index is 1.46. The summed E-state index contributed by atoms with van der Waals surface area (Å²) in [6.45, 7) is 3.63. The molecular formula is C21H24N6O2. The Hall–Kier alpha value is -3.26. The zero-order valence-corrected chi connectivity index (χ0v) is 16.6. The molecule has 1 aliphatic rings. The molecule has 1 saturated heterocycles. The van der Waals surface area contributed by atoms with Crippen LogP contribution in [0.25, 0.3) is 11.3 Å². The van der Waals surface area contributed by atoms with E-state index in [2.05, 4.69) is 19.9 Å². The van der Waals surface area contributed by atoms with Crippen molar-refractivity contribution in [1.29, 1.82) is 0 Å². The first-order chi connectivity index (χ1) is 14.0. The third-order valence-corrected chi connectivity index (χ3v) is 5.16. The largest absolute Gasteiger partial charge is 0.440 e. The molecule has 0 unspecified atom stereocenters. The van der Waals surface area contributed by atoms with Crippen LogP contribution in [0.1, 0.15) is 28.6 Å². The van der Waals surface area contributed by atoms with E-state index in [9.17, 15) is 4.79 Å². The molecule has 1 amide bonds. The second-order valence-corrected chi connectivity index (χ2v) is 7.28. The lowest BCUT2D eigenvalue weighted by Crippen LogP contribution is -2.36. The first-order valence-electron chi connectivity index (χ1n) is 9.61. The van der Waals surface area contributed by atoms with Gasteiger partial charge in [0.25, 0.3) is 5.91 Å². The minimum atomic E-state index is -0.100. The molecule has 1 aromatic carbocycles. The molecule has 8 nitrogen and oxygen atoms in total. The maximum atomic E-state index is 13.2. The number of nitrogens with two attached hydrogens (primary N) is 1. The van der Waals surface area contributed by atoms with E-state index in [1.165, 1.54) is 0 Å². The fraction of sp³-hybridized carbons (Fsp3) is 0.333. The molecule has 4 rings (SSSR count). The van der Waals surface area contributed by atoms with Crippen LogP contribution in [-0.2, 0) is 6.54 Å². The molecule has 29 heavy (non-hydrogen) atoms. The fourth-order valence-corrected chi connectivity index (χ4v) is 3.64. The van der Waals surface area contributed by atoms with E-state index < -0.39 is 0 Å². The van der Waals surface area contributed by atoms with E-state index in [-0.39, 0.29) is 11.9 Å².